The summed E-state index contributed by atoms with van der Waals surface area (Å²) in [6.07, 6.45) is 1.65. The van der Waals surface area contributed by atoms with E-state index in [9.17, 15) is 0 Å². The van der Waals surface area contributed by atoms with Crippen LogP contribution in [0.15, 0.2) is 27.4 Å². The smallest absolute Gasteiger partial charge is 0.177 e. The molecule has 15 heavy (non-hydrogen) atoms. The Morgan fingerprint density at radius 1 is 1.60 bits per heavy atom. The number of rotatable bonds is 3. The molecule has 2 aromatic rings. The minimum atomic E-state index is 0.731. The van der Waals surface area contributed by atoms with Gasteiger partial charge in [-0.2, -0.15) is 0 Å². The molecule has 0 spiro atoms. The molecule has 0 aliphatic heterocycles. The highest BCUT2D eigenvalue weighted by Crippen LogP contribution is 2.25. The predicted molar refractivity (Wildman–Crippen MR) is 61.4 cm³/mol. The number of imidazole rings is 1. The number of nitrogens with zero attached hydrogens (tertiary/aromatic N) is 2. The molecule has 0 saturated heterocycles. The van der Waals surface area contributed by atoms with Gasteiger partial charge in [0.1, 0.15) is 4.60 Å². The molecule has 4 nitrogen and oxygen atoms in total. The predicted octanol–water partition coefficient (Wildman–Crippen LogP) is 2.16. The van der Waals surface area contributed by atoms with Crippen LogP contribution in [0.2, 0.25) is 0 Å². The molecule has 80 valence electrons. The molecule has 0 radical (unpaired) electrons. The van der Waals surface area contributed by atoms with E-state index in [-0.39, 0.29) is 0 Å². The van der Waals surface area contributed by atoms with Crippen LogP contribution in [-0.2, 0) is 13.6 Å². The molecule has 0 bridgehead atoms. The van der Waals surface area contributed by atoms with E-state index in [1.54, 1.807) is 6.26 Å². The van der Waals surface area contributed by atoms with Crippen molar-refractivity contribution in [1.82, 2.24) is 14.9 Å². The summed E-state index contributed by atoms with van der Waals surface area (Å²) in [5.41, 5.74) is 0.978. The first-order valence-corrected chi connectivity index (χ1v) is 5.43. The Labute approximate surface area is 96.4 Å². The maximum Gasteiger partial charge on any atom is 0.177 e. The standard InChI is InChI=1S/C10H12BrN3O/c1-12-6-7-9(11)14(2)10(13-7)8-4-3-5-15-8/h3-5,12H,6H2,1-2H3. The molecule has 0 unspecified atom stereocenters. The summed E-state index contributed by atoms with van der Waals surface area (Å²) in [6.45, 7) is 0.731. The minimum absolute atomic E-state index is 0.731. The van der Waals surface area contributed by atoms with Gasteiger partial charge >= 0.3 is 0 Å². The maximum atomic E-state index is 5.32. The van der Waals surface area contributed by atoms with Gasteiger partial charge < -0.3 is 14.3 Å². The van der Waals surface area contributed by atoms with Crippen LogP contribution in [0, 0.1) is 0 Å². The lowest BCUT2D eigenvalue weighted by Crippen LogP contribution is -2.05. The fourth-order valence-corrected chi connectivity index (χ4v) is 1.84. The van der Waals surface area contributed by atoms with Crippen LogP contribution >= 0.6 is 15.9 Å². The third-order valence-corrected chi connectivity index (χ3v) is 3.17. The van der Waals surface area contributed by atoms with Crippen LogP contribution in [0.5, 0.6) is 0 Å². The summed E-state index contributed by atoms with van der Waals surface area (Å²) in [7, 11) is 3.85. The van der Waals surface area contributed by atoms with Crippen molar-refractivity contribution in [2.75, 3.05) is 7.05 Å². The summed E-state index contributed by atoms with van der Waals surface area (Å²) in [5.74, 6) is 1.61. The highest BCUT2D eigenvalue weighted by Gasteiger charge is 2.14. The fourth-order valence-electron chi connectivity index (χ4n) is 1.44. The molecule has 5 heteroatoms. The second-order valence-electron chi connectivity index (χ2n) is 3.24. The Morgan fingerprint density at radius 2 is 2.40 bits per heavy atom. The molecule has 2 heterocycles. The highest BCUT2D eigenvalue weighted by atomic mass is 79.9. The Kier molecular flexibility index (Phi) is 2.93. The zero-order chi connectivity index (χ0) is 10.8. The summed E-state index contributed by atoms with van der Waals surface area (Å²) < 4.78 is 8.26. The van der Waals surface area contributed by atoms with Crippen LogP contribution < -0.4 is 5.32 Å². The SMILES string of the molecule is CNCc1nc(-c2ccco2)n(C)c1Br. The van der Waals surface area contributed by atoms with Crippen molar-refractivity contribution in [3.63, 3.8) is 0 Å². The molecule has 0 aliphatic rings. The van der Waals surface area contributed by atoms with Gasteiger partial charge in [0.15, 0.2) is 11.6 Å². The molecule has 0 aliphatic carbocycles. The van der Waals surface area contributed by atoms with Gasteiger partial charge in [0, 0.05) is 13.6 Å². The number of hydrogen-bond acceptors (Lipinski definition) is 3. The molecular formula is C10H12BrN3O. The van der Waals surface area contributed by atoms with Gasteiger partial charge in [0.05, 0.1) is 12.0 Å². The van der Waals surface area contributed by atoms with Crippen LogP contribution in [0.4, 0.5) is 0 Å². The van der Waals surface area contributed by atoms with E-state index in [0.29, 0.717) is 0 Å². The zero-order valence-electron chi connectivity index (χ0n) is 8.62. The average Bonchev–Trinajstić information content (AvgIpc) is 2.82. The number of nitrogens with one attached hydrogen (secondary N) is 1. The molecule has 2 aromatic heterocycles. The molecular weight excluding hydrogens is 258 g/mol. The lowest BCUT2D eigenvalue weighted by atomic mass is 10.4. The van der Waals surface area contributed by atoms with Crippen LogP contribution in [0.3, 0.4) is 0 Å². The average molecular weight is 270 g/mol. The van der Waals surface area contributed by atoms with E-state index < -0.39 is 0 Å². The van der Waals surface area contributed by atoms with E-state index in [4.69, 9.17) is 4.42 Å². The molecule has 0 atom stereocenters. The molecule has 1 N–H and O–H groups in total. The van der Waals surface area contributed by atoms with Gasteiger partial charge in [-0.25, -0.2) is 4.98 Å². The first-order chi connectivity index (χ1) is 7.24. The van der Waals surface area contributed by atoms with Gasteiger partial charge in [-0.15, -0.1) is 0 Å². The largest absolute Gasteiger partial charge is 0.461 e. The Morgan fingerprint density at radius 3 is 3.00 bits per heavy atom. The van der Waals surface area contributed by atoms with Crippen molar-refractivity contribution >= 4 is 15.9 Å². The van der Waals surface area contributed by atoms with Crippen molar-refractivity contribution in [1.29, 1.82) is 0 Å². The molecule has 0 fully saturated rings. The van der Waals surface area contributed by atoms with E-state index in [2.05, 4.69) is 26.2 Å². The van der Waals surface area contributed by atoms with Crippen LogP contribution in [-0.4, -0.2) is 16.6 Å². The van der Waals surface area contributed by atoms with Gasteiger partial charge in [-0.3, -0.25) is 0 Å². The topological polar surface area (TPSA) is 43.0 Å². The van der Waals surface area contributed by atoms with Crippen molar-refractivity contribution in [3.05, 3.63) is 28.7 Å². The molecule has 2 rings (SSSR count). The molecule has 0 amide bonds. The normalized spacial score (nSPS) is 10.9. The summed E-state index contributed by atoms with van der Waals surface area (Å²) in [5, 5.41) is 3.07. The van der Waals surface area contributed by atoms with Gasteiger partial charge in [-0.05, 0) is 35.1 Å². The van der Waals surface area contributed by atoms with E-state index in [0.717, 1.165) is 28.4 Å². The fraction of sp³-hybridized carbons (Fsp3) is 0.300. The van der Waals surface area contributed by atoms with Crippen molar-refractivity contribution in [2.45, 2.75) is 6.54 Å². The summed E-state index contributed by atoms with van der Waals surface area (Å²) in [4.78, 5) is 4.50. The second kappa shape index (κ2) is 4.20. The maximum absolute atomic E-state index is 5.32. The van der Waals surface area contributed by atoms with Crippen LogP contribution in [0.25, 0.3) is 11.6 Å². The van der Waals surface area contributed by atoms with Gasteiger partial charge in [0.25, 0.3) is 0 Å². The Bertz CT molecular complexity index is 447. The second-order valence-corrected chi connectivity index (χ2v) is 3.99. The number of aromatic nitrogens is 2. The van der Waals surface area contributed by atoms with Crippen molar-refractivity contribution in [3.8, 4) is 11.6 Å². The first-order valence-electron chi connectivity index (χ1n) is 4.63. The van der Waals surface area contributed by atoms with Crippen LogP contribution in [0.1, 0.15) is 5.69 Å². The summed E-state index contributed by atoms with van der Waals surface area (Å²) in [6, 6.07) is 3.76. The summed E-state index contributed by atoms with van der Waals surface area (Å²) >= 11 is 3.51. The number of hydrogen-bond donors (Lipinski definition) is 1. The monoisotopic (exact) mass is 269 g/mol. The Hall–Kier alpha value is -1.07. The van der Waals surface area contributed by atoms with E-state index in [1.165, 1.54) is 0 Å². The van der Waals surface area contributed by atoms with E-state index in [1.807, 2.05) is 30.8 Å². The third kappa shape index (κ3) is 1.85. The number of furan rings is 1. The lowest BCUT2D eigenvalue weighted by molar-refractivity contribution is 0.573. The quantitative estimate of drug-likeness (QED) is 0.929. The third-order valence-electron chi connectivity index (χ3n) is 2.18. The zero-order valence-corrected chi connectivity index (χ0v) is 10.2. The lowest BCUT2D eigenvalue weighted by Gasteiger charge is -1.98. The van der Waals surface area contributed by atoms with Crippen molar-refractivity contribution in [2.24, 2.45) is 7.05 Å². The Balaban J connectivity index is 2.45. The number of halogens is 1. The van der Waals surface area contributed by atoms with Crippen molar-refractivity contribution < 1.29 is 4.42 Å². The highest BCUT2D eigenvalue weighted by molar-refractivity contribution is 9.10. The minimum Gasteiger partial charge on any atom is -0.461 e. The van der Waals surface area contributed by atoms with Gasteiger partial charge in [0.2, 0.25) is 0 Å². The first kappa shape index (κ1) is 10.4. The van der Waals surface area contributed by atoms with E-state index >= 15 is 0 Å². The molecule has 0 saturated carbocycles. The molecule has 0 aromatic carbocycles. The van der Waals surface area contributed by atoms with Gasteiger partial charge in [-0.1, -0.05) is 0 Å².